The molecule has 0 radical (unpaired) electrons. The van der Waals surface area contributed by atoms with Gasteiger partial charge in [0.1, 0.15) is 0 Å². The summed E-state index contributed by atoms with van der Waals surface area (Å²) in [6.07, 6.45) is 2.32. The van der Waals surface area contributed by atoms with Gasteiger partial charge in [0.2, 0.25) is 0 Å². The molecule has 1 aromatic rings. The van der Waals surface area contributed by atoms with Crippen molar-refractivity contribution in [3.63, 3.8) is 0 Å². The zero-order valence-electron chi connectivity index (χ0n) is 8.46. The van der Waals surface area contributed by atoms with Gasteiger partial charge in [-0.05, 0) is 30.5 Å². The summed E-state index contributed by atoms with van der Waals surface area (Å²) in [7, 11) is 0. The summed E-state index contributed by atoms with van der Waals surface area (Å²) in [4.78, 5) is 0. The fourth-order valence-electron chi connectivity index (χ4n) is 1.84. The number of nitrogens with two attached hydrogens (primary N) is 1. The molecular weight excluding hydrogens is 174 g/mol. The van der Waals surface area contributed by atoms with E-state index in [9.17, 15) is 0 Å². The maximum atomic E-state index is 5.64. The third kappa shape index (κ3) is 1.89. The van der Waals surface area contributed by atoms with Crippen molar-refractivity contribution < 1.29 is 0 Å². The van der Waals surface area contributed by atoms with Crippen molar-refractivity contribution >= 4 is 5.69 Å². The Labute approximate surface area is 84.7 Å². The highest BCUT2D eigenvalue weighted by Gasteiger charge is 2.22. The van der Waals surface area contributed by atoms with Crippen molar-refractivity contribution in [2.45, 2.75) is 31.8 Å². The highest BCUT2D eigenvalue weighted by molar-refractivity contribution is 5.40. The van der Waals surface area contributed by atoms with Crippen LogP contribution in [0.25, 0.3) is 0 Å². The normalized spacial score (nSPS) is 26.6. The van der Waals surface area contributed by atoms with Gasteiger partial charge in [-0.25, -0.2) is 0 Å². The van der Waals surface area contributed by atoms with Crippen molar-refractivity contribution in [1.82, 2.24) is 10.9 Å². The summed E-state index contributed by atoms with van der Waals surface area (Å²) in [6.45, 7) is 2.20. The van der Waals surface area contributed by atoms with Gasteiger partial charge in [-0.15, -0.1) is 0 Å². The molecule has 3 nitrogen and oxygen atoms in total. The zero-order valence-corrected chi connectivity index (χ0v) is 8.46. The minimum absolute atomic E-state index is 0.431. The molecule has 3 heteroatoms. The maximum Gasteiger partial charge on any atom is 0.0477 e. The predicted molar refractivity (Wildman–Crippen MR) is 58.6 cm³/mol. The minimum atomic E-state index is 0.431. The monoisotopic (exact) mass is 191 g/mol. The first-order chi connectivity index (χ1) is 6.79. The standard InChI is InChI=1S/C11H17N3/c1-2-10-7-11(14-13-10)8-3-5-9(12)6-4-8/h3-6,10-11,13-14H,2,7,12H2,1H3. The first kappa shape index (κ1) is 9.49. The summed E-state index contributed by atoms with van der Waals surface area (Å²) >= 11 is 0. The number of hydrazine groups is 1. The van der Waals surface area contributed by atoms with Crippen molar-refractivity contribution in [3.05, 3.63) is 29.8 Å². The Hall–Kier alpha value is -1.06. The number of anilines is 1. The smallest absolute Gasteiger partial charge is 0.0477 e. The van der Waals surface area contributed by atoms with E-state index < -0.39 is 0 Å². The lowest BCUT2D eigenvalue weighted by atomic mass is 10.0. The topological polar surface area (TPSA) is 50.1 Å². The van der Waals surface area contributed by atoms with Crippen LogP contribution in [0.1, 0.15) is 31.4 Å². The molecule has 0 amide bonds. The van der Waals surface area contributed by atoms with Crippen molar-refractivity contribution in [1.29, 1.82) is 0 Å². The molecule has 1 aromatic carbocycles. The molecule has 1 aliphatic heterocycles. The Morgan fingerprint density at radius 2 is 2.00 bits per heavy atom. The summed E-state index contributed by atoms with van der Waals surface area (Å²) in [5.41, 5.74) is 14.4. The van der Waals surface area contributed by atoms with E-state index in [4.69, 9.17) is 5.73 Å². The Morgan fingerprint density at radius 1 is 1.29 bits per heavy atom. The van der Waals surface area contributed by atoms with E-state index in [0.29, 0.717) is 12.1 Å². The molecule has 0 bridgehead atoms. The first-order valence-corrected chi connectivity index (χ1v) is 5.16. The molecule has 1 heterocycles. The lowest BCUT2D eigenvalue weighted by Gasteiger charge is -2.09. The van der Waals surface area contributed by atoms with Gasteiger partial charge in [-0.3, -0.25) is 10.9 Å². The Morgan fingerprint density at radius 3 is 2.57 bits per heavy atom. The van der Waals surface area contributed by atoms with Gasteiger partial charge in [-0.2, -0.15) is 0 Å². The molecule has 0 saturated carbocycles. The number of hydrogen-bond donors (Lipinski definition) is 3. The van der Waals surface area contributed by atoms with Crippen molar-refractivity contribution in [2.75, 3.05) is 5.73 Å². The second-order valence-electron chi connectivity index (χ2n) is 3.85. The van der Waals surface area contributed by atoms with Gasteiger partial charge in [0.15, 0.2) is 0 Å². The molecule has 0 aliphatic carbocycles. The van der Waals surface area contributed by atoms with Crippen LogP contribution in [0.15, 0.2) is 24.3 Å². The number of rotatable bonds is 2. The van der Waals surface area contributed by atoms with Crippen LogP contribution in [0.5, 0.6) is 0 Å². The highest BCUT2D eigenvalue weighted by Crippen LogP contribution is 2.23. The lowest BCUT2D eigenvalue weighted by Crippen LogP contribution is -2.30. The van der Waals surface area contributed by atoms with Gasteiger partial charge in [0, 0.05) is 17.8 Å². The average Bonchev–Trinajstić information content (AvgIpc) is 2.67. The lowest BCUT2D eigenvalue weighted by molar-refractivity contribution is 0.532. The molecule has 2 rings (SSSR count). The van der Waals surface area contributed by atoms with Crippen LogP contribution in [0.3, 0.4) is 0 Å². The molecule has 0 spiro atoms. The maximum absolute atomic E-state index is 5.64. The van der Waals surface area contributed by atoms with Crippen LogP contribution in [0.4, 0.5) is 5.69 Å². The first-order valence-electron chi connectivity index (χ1n) is 5.16. The zero-order chi connectivity index (χ0) is 9.97. The van der Waals surface area contributed by atoms with E-state index in [2.05, 4.69) is 29.9 Å². The van der Waals surface area contributed by atoms with Crippen molar-refractivity contribution in [3.8, 4) is 0 Å². The SMILES string of the molecule is CCC1CC(c2ccc(N)cc2)NN1. The van der Waals surface area contributed by atoms with Crippen LogP contribution in [-0.2, 0) is 0 Å². The molecule has 1 fully saturated rings. The number of benzene rings is 1. The van der Waals surface area contributed by atoms with E-state index in [1.165, 1.54) is 12.0 Å². The van der Waals surface area contributed by atoms with Crippen LogP contribution < -0.4 is 16.6 Å². The number of nitrogens with one attached hydrogen (secondary N) is 2. The predicted octanol–water partition coefficient (Wildman–Crippen LogP) is 1.59. The molecular formula is C11H17N3. The summed E-state index contributed by atoms with van der Waals surface area (Å²) in [6, 6.07) is 9.12. The number of nitrogen functional groups attached to an aromatic ring is 1. The molecule has 2 atom stereocenters. The van der Waals surface area contributed by atoms with Crippen LogP contribution >= 0.6 is 0 Å². The summed E-state index contributed by atoms with van der Waals surface area (Å²) < 4.78 is 0. The van der Waals surface area contributed by atoms with Crippen LogP contribution in [0, 0.1) is 0 Å². The number of hydrogen-bond acceptors (Lipinski definition) is 3. The van der Waals surface area contributed by atoms with E-state index >= 15 is 0 Å². The Balaban J connectivity index is 2.06. The van der Waals surface area contributed by atoms with Gasteiger partial charge in [0.05, 0.1) is 0 Å². The van der Waals surface area contributed by atoms with E-state index in [1.807, 2.05) is 12.1 Å². The minimum Gasteiger partial charge on any atom is -0.399 e. The van der Waals surface area contributed by atoms with Gasteiger partial charge in [0.25, 0.3) is 0 Å². The quantitative estimate of drug-likeness (QED) is 0.622. The highest BCUT2D eigenvalue weighted by atomic mass is 15.4. The van der Waals surface area contributed by atoms with Crippen LogP contribution in [0.2, 0.25) is 0 Å². The second-order valence-corrected chi connectivity index (χ2v) is 3.85. The Bertz CT molecular complexity index is 294. The fourth-order valence-corrected chi connectivity index (χ4v) is 1.84. The van der Waals surface area contributed by atoms with E-state index in [0.717, 1.165) is 12.1 Å². The molecule has 14 heavy (non-hydrogen) atoms. The van der Waals surface area contributed by atoms with Gasteiger partial charge < -0.3 is 5.73 Å². The molecule has 4 N–H and O–H groups in total. The molecule has 0 aromatic heterocycles. The molecule has 76 valence electrons. The van der Waals surface area contributed by atoms with E-state index in [-0.39, 0.29) is 0 Å². The Kier molecular flexibility index (Phi) is 2.70. The summed E-state index contributed by atoms with van der Waals surface area (Å²) in [5, 5.41) is 0. The summed E-state index contributed by atoms with van der Waals surface area (Å²) in [5.74, 6) is 0. The van der Waals surface area contributed by atoms with E-state index in [1.54, 1.807) is 0 Å². The molecule has 1 aliphatic rings. The third-order valence-corrected chi connectivity index (χ3v) is 2.81. The van der Waals surface area contributed by atoms with Gasteiger partial charge in [-0.1, -0.05) is 19.1 Å². The molecule has 1 saturated heterocycles. The second kappa shape index (κ2) is 3.98. The molecule has 2 unspecified atom stereocenters. The van der Waals surface area contributed by atoms with Crippen LogP contribution in [-0.4, -0.2) is 6.04 Å². The van der Waals surface area contributed by atoms with Crippen molar-refractivity contribution in [2.24, 2.45) is 0 Å². The third-order valence-electron chi connectivity index (χ3n) is 2.81. The largest absolute Gasteiger partial charge is 0.399 e. The fraction of sp³-hybridized carbons (Fsp3) is 0.455. The average molecular weight is 191 g/mol. The van der Waals surface area contributed by atoms with Gasteiger partial charge >= 0.3 is 0 Å².